The maximum absolute atomic E-state index is 13.8. The van der Waals surface area contributed by atoms with E-state index in [1.54, 1.807) is 0 Å². The van der Waals surface area contributed by atoms with Gasteiger partial charge >= 0.3 is 6.61 Å². The minimum absolute atomic E-state index is 0.0401. The summed E-state index contributed by atoms with van der Waals surface area (Å²) in [7, 11) is 2.72. The van der Waals surface area contributed by atoms with Crippen LogP contribution in [-0.4, -0.2) is 54.2 Å². The molecular weight excluding hydrogens is 480 g/mol. The number of hydrogen-bond donors (Lipinski definition) is 1. The molecule has 8 nitrogen and oxygen atoms in total. The highest BCUT2D eigenvalue weighted by Crippen LogP contribution is 2.31. The first-order chi connectivity index (χ1) is 16.2. The molecule has 1 N–H and O–H groups in total. The second-order valence-corrected chi connectivity index (χ2v) is 7.84. The number of carbonyl (C=O) groups is 2. The van der Waals surface area contributed by atoms with Crippen molar-refractivity contribution in [1.29, 1.82) is 0 Å². The number of nitrogens with zero attached hydrogens (tertiary/aromatic N) is 3. The zero-order valence-corrected chi connectivity index (χ0v) is 18.6. The Morgan fingerprint density at radius 3 is 2.65 bits per heavy atom. The summed E-state index contributed by atoms with van der Waals surface area (Å²) in [6.07, 6.45) is 0.980. The van der Waals surface area contributed by atoms with Gasteiger partial charge in [-0.1, -0.05) is 11.8 Å². The van der Waals surface area contributed by atoms with Crippen LogP contribution < -0.4 is 14.8 Å². The fraction of sp³-hybridized carbons (Fsp3) is 0.238. The molecule has 1 saturated heterocycles. The number of hydrogen-bond acceptors (Lipinski definition) is 7. The Labute approximate surface area is 195 Å². The van der Waals surface area contributed by atoms with Gasteiger partial charge in [0.05, 0.1) is 19.0 Å². The topological polar surface area (TPSA) is 92.6 Å². The normalized spacial score (nSPS) is 17.1. The van der Waals surface area contributed by atoms with Crippen LogP contribution in [0.25, 0.3) is 0 Å². The smallest absolute Gasteiger partial charge is 0.387 e. The van der Waals surface area contributed by atoms with Gasteiger partial charge in [0, 0.05) is 19.5 Å². The number of amidine groups is 1. The number of methoxy groups -OCH3 is 1. The molecule has 1 atom stereocenters. The van der Waals surface area contributed by atoms with Crippen molar-refractivity contribution in [3.05, 3.63) is 53.6 Å². The molecule has 1 aliphatic heterocycles. The van der Waals surface area contributed by atoms with E-state index in [1.807, 2.05) is 0 Å². The lowest BCUT2D eigenvalue weighted by Crippen LogP contribution is -2.30. The highest BCUT2D eigenvalue weighted by atomic mass is 32.2. The van der Waals surface area contributed by atoms with Gasteiger partial charge in [-0.3, -0.25) is 14.6 Å². The fourth-order valence-electron chi connectivity index (χ4n) is 2.88. The number of benzene rings is 2. The quantitative estimate of drug-likeness (QED) is 0.441. The molecule has 0 aliphatic carbocycles. The van der Waals surface area contributed by atoms with E-state index in [0.717, 1.165) is 28.9 Å². The zero-order chi connectivity index (χ0) is 24.8. The molecule has 0 unspecified atom stereocenters. The number of thioether (sulfide) groups is 1. The number of anilines is 1. The van der Waals surface area contributed by atoms with E-state index in [4.69, 9.17) is 4.74 Å². The van der Waals surface area contributed by atoms with Gasteiger partial charge in [-0.2, -0.15) is 18.9 Å². The minimum atomic E-state index is -3.02. The Balaban J connectivity index is 1.69. The first-order valence-corrected chi connectivity index (χ1v) is 10.5. The number of carbonyl (C=O) groups excluding carboxylic acids is 2. The molecule has 0 spiro atoms. The SMILES string of the molecule is CN=C1S[C@@H](CC(=O)Nc2ccc(F)cc2F)C(=O)N1/N=C\c1ccc(OC(F)F)c(OC)c1. The fourth-order valence-corrected chi connectivity index (χ4v) is 3.92. The molecule has 2 aromatic rings. The molecule has 2 aromatic carbocycles. The third-order valence-electron chi connectivity index (χ3n) is 4.41. The van der Waals surface area contributed by atoms with E-state index >= 15 is 0 Å². The van der Waals surface area contributed by atoms with Gasteiger partial charge in [0.1, 0.15) is 16.9 Å². The zero-order valence-electron chi connectivity index (χ0n) is 17.8. The lowest BCUT2D eigenvalue weighted by molar-refractivity contribution is -0.128. The summed E-state index contributed by atoms with van der Waals surface area (Å²) < 4.78 is 61.1. The van der Waals surface area contributed by atoms with Crippen LogP contribution in [0.4, 0.5) is 23.2 Å². The van der Waals surface area contributed by atoms with Crippen LogP contribution in [0.15, 0.2) is 46.5 Å². The molecular formula is C21H18F4N4O4S. The predicted molar refractivity (Wildman–Crippen MR) is 118 cm³/mol. The van der Waals surface area contributed by atoms with Crippen molar-refractivity contribution >= 4 is 40.6 Å². The molecule has 1 fully saturated rings. The molecule has 0 aromatic heterocycles. The van der Waals surface area contributed by atoms with Crippen LogP contribution in [-0.2, 0) is 9.59 Å². The number of nitrogens with one attached hydrogen (secondary N) is 1. The second-order valence-electron chi connectivity index (χ2n) is 6.67. The van der Waals surface area contributed by atoms with Crippen molar-refractivity contribution in [2.24, 2.45) is 10.1 Å². The number of aliphatic imine (C=N–C) groups is 1. The Morgan fingerprint density at radius 2 is 2.00 bits per heavy atom. The summed E-state index contributed by atoms with van der Waals surface area (Å²) in [6, 6.07) is 6.79. The molecule has 1 aliphatic rings. The van der Waals surface area contributed by atoms with Gasteiger partial charge in [0.2, 0.25) is 5.91 Å². The molecule has 2 amide bonds. The molecule has 3 rings (SSSR count). The highest BCUT2D eigenvalue weighted by Gasteiger charge is 2.39. The number of amides is 2. The van der Waals surface area contributed by atoms with Crippen molar-refractivity contribution in [2.45, 2.75) is 18.3 Å². The summed E-state index contributed by atoms with van der Waals surface area (Å²) in [5, 5.41) is 6.72. The summed E-state index contributed by atoms with van der Waals surface area (Å²) in [5.41, 5.74) is 0.203. The maximum Gasteiger partial charge on any atom is 0.387 e. The number of rotatable bonds is 8. The summed E-state index contributed by atoms with van der Waals surface area (Å²) in [4.78, 5) is 29.1. The number of hydrazone groups is 1. The standard InChI is InChI=1S/C21H18F4N4O4S/c1-26-21-29(27-10-11-3-6-15(33-20(24)25)16(7-11)32-2)19(31)17(34-21)9-18(30)28-14-5-4-12(22)8-13(14)23/h3-8,10,17,20H,9H2,1-2H3,(H,28,30)/b26-21?,27-10-/t17-/m0/s1. The third kappa shape index (κ3) is 6.04. The van der Waals surface area contributed by atoms with Gasteiger partial charge < -0.3 is 14.8 Å². The lowest BCUT2D eigenvalue weighted by Gasteiger charge is -2.11. The molecule has 1 heterocycles. The van der Waals surface area contributed by atoms with Gasteiger partial charge in [-0.25, -0.2) is 8.78 Å². The van der Waals surface area contributed by atoms with Crippen LogP contribution in [0.2, 0.25) is 0 Å². The average Bonchev–Trinajstić information content (AvgIpc) is 3.08. The van der Waals surface area contributed by atoms with Gasteiger partial charge in [0.15, 0.2) is 16.7 Å². The molecule has 0 saturated carbocycles. The van der Waals surface area contributed by atoms with Gasteiger partial charge in [-0.05, 0) is 35.9 Å². The minimum Gasteiger partial charge on any atom is -0.493 e. The van der Waals surface area contributed by atoms with Crippen molar-refractivity contribution in [3.8, 4) is 11.5 Å². The number of ether oxygens (including phenoxy) is 2. The van der Waals surface area contributed by atoms with Crippen LogP contribution in [0.1, 0.15) is 12.0 Å². The van der Waals surface area contributed by atoms with Crippen LogP contribution >= 0.6 is 11.8 Å². The molecule has 0 bridgehead atoms. The summed E-state index contributed by atoms with van der Waals surface area (Å²) in [6.45, 7) is -3.02. The van der Waals surface area contributed by atoms with E-state index in [2.05, 4.69) is 20.1 Å². The second kappa shape index (κ2) is 11.0. The van der Waals surface area contributed by atoms with Crippen LogP contribution in [0.5, 0.6) is 11.5 Å². The van der Waals surface area contributed by atoms with E-state index in [9.17, 15) is 27.2 Å². The van der Waals surface area contributed by atoms with E-state index < -0.39 is 35.3 Å². The Bertz CT molecular complexity index is 1150. The first-order valence-electron chi connectivity index (χ1n) is 9.61. The Kier molecular flexibility index (Phi) is 8.10. The Morgan fingerprint density at radius 1 is 1.24 bits per heavy atom. The van der Waals surface area contributed by atoms with Crippen LogP contribution in [0, 0.1) is 11.6 Å². The lowest BCUT2D eigenvalue weighted by atomic mass is 10.2. The summed E-state index contributed by atoms with van der Waals surface area (Å²) >= 11 is 0.994. The van der Waals surface area contributed by atoms with Crippen molar-refractivity contribution in [3.63, 3.8) is 0 Å². The van der Waals surface area contributed by atoms with Crippen LogP contribution in [0.3, 0.4) is 0 Å². The molecule has 180 valence electrons. The number of halogens is 4. The van der Waals surface area contributed by atoms with Crippen molar-refractivity contribution in [2.75, 3.05) is 19.5 Å². The Hall–Kier alpha value is -3.61. The summed E-state index contributed by atoms with van der Waals surface area (Å²) in [5.74, 6) is -3.05. The van der Waals surface area contributed by atoms with E-state index in [0.29, 0.717) is 11.6 Å². The predicted octanol–water partition coefficient (Wildman–Crippen LogP) is 3.87. The van der Waals surface area contributed by atoms with E-state index in [1.165, 1.54) is 38.6 Å². The van der Waals surface area contributed by atoms with Gasteiger partial charge in [-0.15, -0.1) is 0 Å². The maximum atomic E-state index is 13.8. The largest absolute Gasteiger partial charge is 0.493 e. The highest BCUT2D eigenvalue weighted by molar-refractivity contribution is 8.15. The number of alkyl halides is 2. The first kappa shape index (κ1) is 25.0. The molecule has 34 heavy (non-hydrogen) atoms. The van der Waals surface area contributed by atoms with Crippen molar-refractivity contribution < 1.29 is 36.6 Å². The average molecular weight is 498 g/mol. The van der Waals surface area contributed by atoms with Crippen molar-refractivity contribution in [1.82, 2.24) is 5.01 Å². The molecule has 0 radical (unpaired) electrons. The van der Waals surface area contributed by atoms with Gasteiger partial charge in [0.25, 0.3) is 5.91 Å². The third-order valence-corrected chi connectivity index (χ3v) is 5.63. The van der Waals surface area contributed by atoms with E-state index in [-0.39, 0.29) is 28.8 Å². The molecule has 13 heteroatoms. The monoisotopic (exact) mass is 498 g/mol.